The molecule has 0 amide bonds. The minimum absolute atomic E-state index is 0. The Labute approximate surface area is 85.5 Å². The molecule has 0 bridgehead atoms. The highest BCUT2D eigenvalue weighted by molar-refractivity contribution is 5.85. The van der Waals surface area contributed by atoms with Crippen LogP contribution in [0.15, 0.2) is 12.7 Å². The Hall–Kier alpha value is -0.580. The number of hydrogen-bond donors (Lipinski definition) is 1. The van der Waals surface area contributed by atoms with Gasteiger partial charge in [-0.2, -0.15) is 0 Å². The maximum absolute atomic E-state index is 9.14. The SMILES string of the molecule is C=CC(=O)[O-].CC(O)[N+](C)(C)C.Cl. The van der Waals surface area contributed by atoms with Crippen molar-refractivity contribution in [3.05, 3.63) is 12.7 Å². The van der Waals surface area contributed by atoms with E-state index in [0.717, 1.165) is 6.08 Å². The summed E-state index contributed by atoms with van der Waals surface area (Å²) >= 11 is 0. The first kappa shape index (κ1) is 18.3. The fraction of sp³-hybridized carbons (Fsp3) is 0.625. The summed E-state index contributed by atoms with van der Waals surface area (Å²) in [6.07, 6.45) is 0.458. The molecule has 4 nitrogen and oxygen atoms in total. The Morgan fingerprint density at radius 1 is 1.54 bits per heavy atom. The van der Waals surface area contributed by atoms with Gasteiger partial charge in [0.15, 0.2) is 6.23 Å². The van der Waals surface area contributed by atoms with Crippen molar-refractivity contribution in [2.45, 2.75) is 13.2 Å². The largest absolute Gasteiger partial charge is 0.545 e. The number of quaternary nitrogens is 1. The van der Waals surface area contributed by atoms with Gasteiger partial charge >= 0.3 is 0 Å². The second kappa shape index (κ2) is 8.04. The number of aliphatic hydroxyl groups is 1. The number of hydrogen-bond acceptors (Lipinski definition) is 3. The van der Waals surface area contributed by atoms with E-state index >= 15 is 0 Å². The van der Waals surface area contributed by atoms with Crippen molar-refractivity contribution < 1.29 is 19.5 Å². The minimum Gasteiger partial charge on any atom is -0.545 e. The molecule has 0 radical (unpaired) electrons. The molecular weight excluding hydrogens is 194 g/mol. The molecule has 0 aromatic carbocycles. The Kier molecular flexibility index (Phi) is 11.3. The third kappa shape index (κ3) is 18.4. The van der Waals surface area contributed by atoms with Gasteiger partial charge < -0.3 is 19.5 Å². The molecule has 0 rings (SSSR count). The summed E-state index contributed by atoms with van der Waals surface area (Å²) in [6, 6.07) is 0. The number of aliphatic hydroxyl groups excluding tert-OH is 1. The van der Waals surface area contributed by atoms with Crippen LogP contribution in [0.1, 0.15) is 6.92 Å². The fourth-order valence-electron chi connectivity index (χ4n) is 0. The summed E-state index contributed by atoms with van der Waals surface area (Å²) in [5.74, 6) is -1.23. The van der Waals surface area contributed by atoms with Gasteiger partial charge in [-0.3, -0.25) is 0 Å². The average Bonchev–Trinajstić information content (AvgIpc) is 1.87. The van der Waals surface area contributed by atoms with Gasteiger partial charge in [0, 0.05) is 6.92 Å². The van der Waals surface area contributed by atoms with Gasteiger partial charge in [-0.1, -0.05) is 6.58 Å². The number of carboxylic acids is 1. The lowest BCUT2D eigenvalue weighted by Crippen LogP contribution is -2.42. The molecule has 0 aromatic rings. The lowest BCUT2D eigenvalue weighted by molar-refractivity contribution is -0.916. The molecule has 0 aliphatic rings. The first-order valence-electron chi connectivity index (χ1n) is 3.54. The van der Waals surface area contributed by atoms with Crippen molar-refractivity contribution in [1.82, 2.24) is 0 Å². The normalized spacial score (nSPS) is 11.5. The zero-order valence-electron chi connectivity index (χ0n) is 8.48. The quantitative estimate of drug-likeness (QED) is 0.376. The maximum atomic E-state index is 9.14. The number of carbonyl (C=O) groups excluding carboxylic acids is 1. The fourth-order valence-corrected chi connectivity index (χ4v) is 0. The number of halogens is 1. The van der Waals surface area contributed by atoms with Crippen molar-refractivity contribution in [1.29, 1.82) is 0 Å². The predicted molar refractivity (Wildman–Crippen MR) is 52.2 cm³/mol. The van der Waals surface area contributed by atoms with Gasteiger partial charge in [-0.15, -0.1) is 12.4 Å². The van der Waals surface area contributed by atoms with E-state index in [1.54, 1.807) is 6.92 Å². The second-order valence-corrected chi connectivity index (χ2v) is 3.27. The van der Waals surface area contributed by atoms with Crippen molar-refractivity contribution in [2.24, 2.45) is 0 Å². The van der Waals surface area contributed by atoms with E-state index in [2.05, 4.69) is 6.58 Å². The highest BCUT2D eigenvalue weighted by Crippen LogP contribution is 1.94. The maximum Gasteiger partial charge on any atom is 0.187 e. The third-order valence-electron chi connectivity index (χ3n) is 1.29. The van der Waals surface area contributed by atoms with Crippen LogP contribution in [0.2, 0.25) is 0 Å². The van der Waals surface area contributed by atoms with Crippen LogP contribution in [-0.2, 0) is 4.79 Å². The van der Waals surface area contributed by atoms with Crippen LogP contribution in [-0.4, -0.2) is 42.9 Å². The summed E-state index contributed by atoms with van der Waals surface area (Å²) in [6.45, 7) is 4.68. The predicted octanol–water partition coefficient (Wildman–Crippen LogP) is -0.625. The molecule has 0 fully saturated rings. The third-order valence-corrected chi connectivity index (χ3v) is 1.29. The molecular formula is C8H18ClNO3. The average molecular weight is 212 g/mol. The van der Waals surface area contributed by atoms with E-state index in [1.807, 2.05) is 21.1 Å². The summed E-state index contributed by atoms with van der Waals surface area (Å²) in [4.78, 5) is 9.14. The molecule has 80 valence electrons. The first-order valence-corrected chi connectivity index (χ1v) is 3.54. The van der Waals surface area contributed by atoms with Crippen molar-refractivity contribution >= 4 is 18.4 Å². The number of aliphatic carboxylic acids is 1. The van der Waals surface area contributed by atoms with Crippen LogP contribution in [0.3, 0.4) is 0 Å². The lowest BCUT2D eigenvalue weighted by Gasteiger charge is -2.26. The van der Waals surface area contributed by atoms with E-state index < -0.39 is 5.97 Å². The van der Waals surface area contributed by atoms with Gasteiger partial charge in [0.05, 0.1) is 27.1 Å². The van der Waals surface area contributed by atoms with Crippen LogP contribution in [0.5, 0.6) is 0 Å². The number of carboxylic acid groups (broad SMARTS) is 1. The summed E-state index contributed by atoms with van der Waals surface area (Å²) in [7, 11) is 5.85. The van der Waals surface area contributed by atoms with Crippen LogP contribution < -0.4 is 5.11 Å². The van der Waals surface area contributed by atoms with Crippen LogP contribution in [0.4, 0.5) is 0 Å². The molecule has 0 heterocycles. The number of carbonyl (C=O) groups is 1. The Balaban J connectivity index is -0.000000150. The molecule has 1 atom stereocenters. The number of nitrogens with zero attached hydrogens (tertiary/aromatic N) is 1. The highest BCUT2D eigenvalue weighted by Gasteiger charge is 2.12. The van der Waals surface area contributed by atoms with Crippen molar-refractivity contribution in [3.8, 4) is 0 Å². The minimum atomic E-state index is -1.23. The monoisotopic (exact) mass is 211 g/mol. The van der Waals surface area contributed by atoms with Gasteiger partial charge in [0.25, 0.3) is 0 Å². The first-order chi connectivity index (χ1) is 5.21. The Morgan fingerprint density at radius 3 is 1.69 bits per heavy atom. The zero-order valence-corrected chi connectivity index (χ0v) is 9.30. The molecule has 13 heavy (non-hydrogen) atoms. The Bertz CT molecular complexity index is 152. The second-order valence-electron chi connectivity index (χ2n) is 3.27. The van der Waals surface area contributed by atoms with E-state index in [4.69, 9.17) is 15.0 Å². The van der Waals surface area contributed by atoms with Crippen molar-refractivity contribution in [3.63, 3.8) is 0 Å². The number of rotatable bonds is 2. The molecule has 0 spiro atoms. The molecule has 0 aliphatic heterocycles. The van der Waals surface area contributed by atoms with Gasteiger partial charge in [-0.05, 0) is 6.08 Å². The zero-order chi connectivity index (χ0) is 10.4. The summed E-state index contributed by atoms with van der Waals surface area (Å²) < 4.78 is 0.611. The van der Waals surface area contributed by atoms with Gasteiger partial charge in [0.2, 0.25) is 0 Å². The standard InChI is InChI=1S/C5H14NO.C3H4O2.ClH/c1-5(7)6(2,3)4;1-2-3(4)5;/h5,7H,1-4H3;2H,1H2,(H,4,5);1H/q+1;;/p-1. The van der Waals surface area contributed by atoms with Crippen LogP contribution in [0, 0.1) is 0 Å². The van der Waals surface area contributed by atoms with Gasteiger partial charge in [-0.25, -0.2) is 0 Å². The molecule has 0 aliphatic carbocycles. The lowest BCUT2D eigenvalue weighted by atomic mass is 10.5. The van der Waals surface area contributed by atoms with E-state index in [0.29, 0.717) is 4.48 Å². The smallest absolute Gasteiger partial charge is 0.187 e. The van der Waals surface area contributed by atoms with E-state index in [1.165, 1.54) is 0 Å². The van der Waals surface area contributed by atoms with Crippen LogP contribution in [0.25, 0.3) is 0 Å². The molecule has 1 unspecified atom stereocenters. The molecule has 0 aromatic heterocycles. The Morgan fingerprint density at radius 2 is 1.69 bits per heavy atom. The van der Waals surface area contributed by atoms with Crippen LogP contribution >= 0.6 is 12.4 Å². The highest BCUT2D eigenvalue weighted by atomic mass is 35.5. The molecule has 0 saturated carbocycles. The topological polar surface area (TPSA) is 60.4 Å². The van der Waals surface area contributed by atoms with Gasteiger partial charge in [0.1, 0.15) is 0 Å². The molecule has 5 heteroatoms. The van der Waals surface area contributed by atoms with E-state index in [-0.39, 0.29) is 18.6 Å². The summed E-state index contributed by atoms with van der Waals surface area (Å²) in [5.41, 5.74) is 0. The van der Waals surface area contributed by atoms with E-state index in [9.17, 15) is 0 Å². The molecule has 1 N–H and O–H groups in total. The summed E-state index contributed by atoms with van der Waals surface area (Å²) in [5, 5.41) is 18.0. The van der Waals surface area contributed by atoms with Crippen molar-refractivity contribution in [2.75, 3.05) is 21.1 Å². The molecule has 0 saturated heterocycles.